The quantitative estimate of drug-likeness (QED) is 0.516. The maximum Gasteiger partial charge on any atom is 0.0863 e. The van der Waals surface area contributed by atoms with E-state index in [1.54, 1.807) is 0 Å². The topological polar surface area (TPSA) is 24.7 Å². The van der Waals surface area contributed by atoms with Crippen LogP contribution in [0.3, 0.4) is 0 Å². The molecule has 2 nitrogen and oxygen atoms in total. The molecule has 0 spiro atoms. The minimum absolute atomic E-state index is 0.719. The Hall–Kier alpha value is -0.830. The van der Waals surface area contributed by atoms with Crippen LogP contribution in [-0.2, 0) is 0 Å². The van der Waals surface area contributed by atoms with Crippen molar-refractivity contribution in [2.45, 2.75) is 11.8 Å². The van der Waals surface area contributed by atoms with Crippen molar-refractivity contribution < 1.29 is 0 Å². The summed E-state index contributed by atoms with van der Waals surface area (Å²) in [6.07, 6.45) is 0. The molecule has 0 aliphatic rings. The first-order valence-corrected chi connectivity index (χ1v) is 3.94. The lowest BCUT2D eigenvalue weighted by Crippen LogP contribution is -1.66. The number of rotatable bonds is 2. The van der Waals surface area contributed by atoms with Crippen molar-refractivity contribution in [2.75, 3.05) is 6.54 Å². The Labute approximate surface area is 71.8 Å². The first-order chi connectivity index (χ1) is 5.33. The highest BCUT2D eigenvalue weighted by Gasteiger charge is 1.87. The summed E-state index contributed by atoms with van der Waals surface area (Å²) >= 11 is 4.17. The van der Waals surface area contributed by atoms with Gasteiger partial charge in [0.15, 0.2) is 0 Å². The molecule has 0 bridgehead atoms. The number of nitrogens with zero attached hydrogens (tertiary/aromatic N) is 2. The van der Waals surface area contributed by atoms with Crippen LogP contribution in [0.25, 0.3) is 0 Å². The lowest BCUT2D eigenvalue weighted by molar-refractivity contribution is 1.00. The van der Waals surface area contributed by atoms with Gasteiger partial charge in [0.2, 0.25) is 0 Å². The molecule has 0 aromatic heterocycles. The maximum absolute atomic E-state index is 4.17. The summed E-state index contributed by atoms with van der Waals surface area (Å²) in [5, 5.41) is 7.84. The highest BCUT2D eigenvalue weighted by Crippen LogP contribution is 2.16. The van der Waals surface area contributed by atoms with E-state index in [1.807, 2.05) is 31.2 Å². The Morgan fingerprint density at radius 2 is 2.27 bits per heavy atom. The zero-order valence-electron chi connectivity index (χ0n) is 6.36. The van der Waals surface area contributed by atoms with Crippen molar-refractivity contribution in [3.8, 4) is 0 Å². The van der Waals surface area contributed by atoms with E-state index in [-0.39, 0.29) is 0 Å². The molecule has 0 aliphatic carbocycles. The van der Waals surface area contributed by atoms with Crippen molar-refractivity contribution in [3.05, 3.63) is 24.3 Å². The van der Waals surface area contributed by atoms with Gasteiger partial charge in [0, 0.05) is 4.90 Å². The second-order valence-electron chi connectivity index (χ2n) is 2.08. The number of thiol groups is 1. The summed E-state index contributed by atoms with van der Waals surface area (Å²) in [5.41, 5.74) is 0.861. The fourth-order valence-corrected chi connectivity index (χ4v) is 0.926. The van der Waals surface area contributed by atoms with Gasteiger partial charge in [-0.15, -0.1) is 12.6 Å². The number of azo groups is 1. The summed E-state index contributed by atoms with van der Waals surface area (Å²) in [7, 11) is 0. The van der Waals surface area contributed by atoms with E-state index in [2.05, 4.69) is 22.9 Å². The highest BCUT2D eigenvalue weighted by molar-refractivity contribution is 7.80. The molecule has 11 heavy (non-hydrogen) atoms. The molecule has 0 radical (unpaired) electrons. The monoisotopic (exact) mass is 166 g/mol. The first-order valence-electron chi connectivity index (χ1n) is 3.49. The SMILES string of the molecule is CCN=Nc1cccc(S)c1. The van der Waals surface area contributed by atoms with Crippen molar-refractivity contribution in [2.24, 2.45) is 10.2 Å². The first kappa shape index (κ1) is 8.27. The number of hydrogen-bond acceptors (Lipinski definition) is 3. The Morgan fingerprint density at radius 3 is 2.91 bits per heavy atom. The molecular formula is C8H10N2S. The Morgan fingerprint density at radius 1 is 1.45 bits per heavy atom. The number of benzene rings is 1. The zero-order valence-corrected chi connectivity index (χ0v) is 7.25. The van der Waals surface area contributed by atoms with Crippen molar-refractivity contribution in [1.29, 1.82) is 0 Å². The second-order valence-corrected chi connectivity index (χ2v) is 2.59. The van der Waals surface area contributed by atoms with Gasteiger partial charge >= 0.3 is 0 Å². The highest BCUT2D eigenvalue weighted by atomic mass is 32.1. The summed E-state index contributed by atoms with van der Waals surface area (Å²) in [4.78, 5) is 0.914. The predicted octanol–water partition coefficient (Wildman–Crippen LogP) is 3.08. The molecule has 1 aromatic carbocycles. The van der Waals surface area contributed by atoms with Gasteiger partial charge in [-0.2, -0.15) is 10.2 Å². The summed E-state index contributed by atoms with van der Waals surface area (Å²) in [5.74, 6) is 0. The van der Waals surface area contributed by atoms with Crippen LogP contribution in [0.15, 0.2) is 39.4 Å². The molecule has 3 heteroatoms. The van der Waals surface area contributed by atoms with Gasteiger partial charge in [0.25, 0.3) is 0 Å². The lowest BCUT2D eigenvalue weighted by Gasteiger charge is -1.91. The third-order valence-corrected chi connectivity index (χ3v) is 1.44. The van der Waals surface area contributed by atoms with E-state index in [1.165, 1.54) is 0 Å². The Kier molecular flexibility index (Phi) is 3.11. The van der Waals surface area contributed by atoms with Crippen LogP contribution in [0.2, 0.25) is 0 Å². The molecule has 0 fully saturated rings. The zero-order chi connectivity index (χ0) is 8.10. The normalized spacial score (nSPS) is 10.7. The van der Waals surface area contributed by atoms with Gasteiger partial charge in [-0.3, -0.25) is 0 Å². The standard InChI is InChI=1S/C8H10N2S/c1-2-9-10-7-4-3-5-8(11)6-7/h3-6,11H,2H2,1H3. The number of hydrogen-bond donors (Lipinski definition) is 1. The molecule has 0 amide bonds. The van der Waals surface area contributed by atoms with Gasteiger partial charge < -0.3 is 0 Å². The summed E-state index contributed by atoms with van der Waals surface area (Å²) in [6.45, 7) is 2.67. The Bertz CT molecular complexity index is 258. The average Bonchev–Trinajstić information content (AvgIpc) is 2.01. The fourth-order valence-electron chi connectivity index (χ4n) is 0.708. The van der Waals surface area contributed by atoms with E-state index in [4.69, 9.17) is 0 Å². The van der Waals surface area contributed by atoms with Crippen LogP contribution in [0.1, 0.15) is 6.92 Å². The van der Waals surface area contributed by atoms with Crippen LogP contribution in [0.4, 0.5) is 5.69 Å². The van der Waals surface area contributed by atoms with Crippen molar-refractivity contribution in [3.63, 3.8) is 0 Å². The smallest absolute Gasteiger partial charge is 0.0863 e. The molecule has 0 N–H and O–H groups in total. The van der Waals surface area contributed by atoms with Crippen molar-refractivity contribution >= 4 is 18.3 Å². The molecule has 0 unspecified atom stereocenters. The largest absolute Gasteiger partial charge is 0.189 e. The fraction of sp³-hybridized carbons (Fsp3) is 0.250. The molecule has 0 heterocycles. The van der Waals surface area contributed by atoms with Crippen molar-refractivity contribution in [1.82, 2.24) is 0 Å². The molecule has 1 aromatic rings. The molecule has 0 aliphatic heterocycles. The average molecular weight is 166 g/mol. The third-order valence-electron chi connectivity index (χ3n) is 1.16. The van der Waals surface area contributed by atoms with Crippen LogP contribution in [-0.4, -0.2) is 6.54 Å². The summed E-state index contributed by atoms with van der Waals surface area (Å²) < 4.78 is 0. The molecule has 0 saturated carbocycles. The minimum atomic E-state index is 0.719. The third kappa shape index (κ3) is 2.72. The van der Waals surface area contributed by atoms with E-state index in [0.717, 1.165) is 17.1 Å². The minimum Gasteiger partial charge on any atom is -0.189 e. The summed E-state index contributed by atoms with van der Waals surface area (Å²) in [6, 6.07) is 7.60. The van der Waals surface area contributed by atoms with Gasteiger partial charge in [-0.05, 0) is 25.1 Å². The van der Waals surface area contributed by atoms with Gasteiger partial charge in [-0.1, -0.05) is 6.07 Å². The molecular weight excluding hydrogens is 156 g/mol. The van der Waals surface area contributed by atoms with Crippen LogP contribution >= 0.6 is 12.6 Å². The van der Waals surface area contributed by atoms with E-state index >= 15 is 0 Å². The van der Waals surface area contributed by atoms with Gasteiger partial charge in [0.1, 0.15) is 0 Å². The van der Waals surface area contributed by atoms with E-state index in [0.29, 0.717) is 0 Å². The molecule has 0 atom stereocenters. The Balaban J connectivity index is 2.79. The maximum atomic E-state index is 4.17. The molecule has 0 saturated heterocycles. The molecule has 1 rings (SSSR count). The van der Waals surface area contributed by atoms with Gasteiger partial charge in [-0.25, -0.2) is 0 Å². The van der Waals surface area contributed by atoms with Crippen LogP contribution in [0, 0.1) is 0 Å². The van der Waals surface area contributed by atoms with Gasteiger partial charge in [0.05, 0.1) is 12.2 Å². The van der Waals surface area contributed by atoms with Crippen LogP contribution < -0.4 is 0 Å². The lowest BCUT2D eigenvalue weighted by atomic mass is 10.3. The molecule has 58 valence electrons. The van der Waals surface area contributed by atoms with E-state index < -0.39 is 0 Å². The predicted molar refractivity (Wildman–Crippen MR) is 48.8 cm³/mol. The van der Waals surface area contributed by atoms with E-state index in [9.17, 15) is 0 Å². The second kappa shape index (κ2) is 4.13. The van der Waals surface area contributed by atoms with Crippen LogP contribution in [0.5, 0.6) is 0 Å².